The van der Waals surface area contributed by atoms with Crippen molar-refractivity contribution in [2.75, 3.05) is 33.2 Å². The maximum absolute atomic E-state index is 11.8. The molecule has 0 radical (unpaired) electrons. The normalized spacial score (nSPS) is 21.0. The van der Waals surface area contributed by atoms with Crippen LogP contribution < -0.4 is 5.73 Å². The molecule has 1 aliphatic heterocycles. The van der Waals surface area contributed by atoms with Gasteiger partial charge in [-0.25, -0.2) is 0 Å². The van der Waals surface area contributed by atoms with Gasteiger partial charge in [0, 0.05) is 32.6 Å². The molecular weight excluding hydrogens is 227 g/mol. The number of hydrogen-bond donors (Lipinski definition) is 1. The Morgan fingerprint density at radius 2 is 1.88 bits per heavy atom. The van der Waals surface area contributed by atoms with Gasteiger partial charge < -0.3 is 19.9 Å². The van der Waals surface area contributed by atoms with Crippen LogP contribution in [0, 0.1) is 0 Å². The zero-order chi connectivity index (χ0) is 12.1. The maximum atomic E-state index is 11.8. The fraction of sp³-hybridized carbons (Fsp3) is 1.00. The predicted molar refractivity (Wildman–Crippen MR) is 49.8 cm³/mol. The summed E-state index contributed by atoms with van der Waals surface area (Å²) in [7, 11) is 0. The van der Waals surface area contributed by atoms with E-state index in [1.807, 2.05) is 0 Å². The molecule has 1 saturated heterocycles. The molecule has 1 heterocycles. The second kappa shape index (κ2) is 5.81. The second-order valence-corrected chi connectivity index (χ2v) is 3.73. The van der Waals surface area contributed by atoms with E-state index in [1.54, 1.807) is 0 Å². The van der Waals surface area contributed by atoms with Crippen molar-refractivity contribution >= 4 is 0 Å². The number of nitrogens with two attached hydrogens (primary N) is 1. The minimum atomic E-state index is -4.32. The van der Waals surface area contributed by atoms with Crippen molar-refractivity contribution in [3.63, 3.8) is 0 Å². The number of hydrogen-bond acceptors (Lipinski definition) is 4. The third-order valence-corrected chi connectivity index (χ3v) is 2.49. The van der Waals surface area contributed by atoms with Crippen molar-refractivity contribution in [3.8, 4) is 0 Å². The molecule has 0 spiro atoms. The highest BCUT2D eigenvalue weighted by atomic mass is 19.4. The molecule has 0 aliphatic carbocycles. The van der Waals surface area contributed by atoms with Crippen molar-refractivity contribution < 1.29 is 27.4 Å². The third kappa shape index (κ3) is 4.65. The fourth-order valence-electron chi connectivity index (χ4n) is 1.47. The lowest BCUT2D eigenvalue weighted by Gasteiger charge is -2.35. The Morgan fingerprint density at radius 1 is 1.25 bits per heavy atom. The molecule has 0 saturated carbocycles. The van der Waals surface area contributed by atoms with E-state index < -0.39 is 25.2 Å². The van der Waals surface area contributed by atoms with Crippen LogP contribution in [0.4, 0.5) is 13.2 Å². The van der Waals surface area contributed by atoms with Crippen LogP contribution in [-0.4, -0.2) is 44.9 Å². The van der Waals surface area contributed by atoms with Crippen LogP contribution in [0.5, 0.6) is 0 Å². The van der Waals surface area contributed by atoms with E-state index in [4.69, 9.17) is 15.2 Å². The Morgan fingerprint density at radius 3 is 2.38 bits per heavy atom. The average Bonchev–Trinajstić information content (AvgIpc) is 2.25. The Kier molecular flexibility index (Phi) is 4.97. The van der Waals surface area contributed by atoms with Crippen LogP contribution in [0.1, 0.15) is 12.8 Å². The zero-order valence-corrected chi connectivity index (χ0v) is 8.89. The highest BCUT2D eigenvalue weighted by Crippen LogP contribution is 2.24. The molecule has 0 aromatic carbocycles. The molecule has 0 aromatic heterocycles. The van der Waals surface area contributed by atoms with E-state index in [0.717, 1.165) is 0 Å². The molecule has 1 rings (SSSR count). The quantitative estimate of drug-likeness (QED) is 0.579. The standard InChI is InChI=1S/C9H16F3NO3/c10-9(11,12)6-15-7-16-8(5-13)1-3-14-4-2-8/h1-7,13H2. The smallest absolute Gasteiger partial charge is 0.381 e. The maximum Gasteiger partial charge on any atom is 0.411 e. The molecule has 4 nitrogen and oxygen atoms in total. The van der Waals surface area contributed by atoms with Crippen LogP contribution in [0.2, 0.25) is 0 Å². The molecule has 0 bridgehead atoms. The van der Waals surface area contributed by atoms with Crippen LogP contribution in [0.25, 0.3) is 0 Å². The number of alkyl halides is 3. The van der Waals surface area contributed by atoms with Crippen molar-refractivity contribution in [1.29, 1.82) is 0 Å². The Bertz CT molecular complexity index is 205. The Hall–Kier alpha value is -0.370. The topological polar surface area (TPSA) is 53.7 Å². The Labute approximate surface area is 91.8 Å². The summed E-state index contributed by atoms with van der Waals surface area (Å²) in [6.45, 7) is -0.417. The van der Waals surface area contributed by atoms with Crippen molar-refractivity contribution in [2.24, 2.45) is 5.73 Å². The first kappa shape index (κ1) is 13.7. The van der Waals surface area contributed by atoms with Gasteiger partial charge in [-0.2, -0.15) is 13.2 Å². The van der Waals surface area contributed by atoms with E-state index in [0.29, 0.717) is 26.1 Å². The van der Waals surface area contributed by atoms with E-state index in [9.17, 15) is 13.2 Å². The van der Waals surface area contributed by atoms with Gasteiger partial charge in [-0.15, -0.1) is 0 Å². The van der Waals surface area contributed by atoms with Crippen LogP contribution in [-0.2, 0) is 14.2 Å². The van der Waals surface area contributed by atoms with E-state index in [-0.39, 0.29) is 6.54 Å². The van der Waals surface area contributed by atoms with Crippen molar-refractivity contribution in [3.05, 3.63) is 0 Å². The molecular formula is C9H16F3NO3. The number of halogens is 3. The predicted octanol–water partition coefficient (Wildman–Crippen LogP) is 1.05. The van der Waals surface area contributed by atoms with Gasteiger partial charge in [0.25, 0.3) is 0 Å². The zero-order valence-electron chi connectivity index (χ0n) is 8.89. The Balaban J connectivity index is 2.23. The fourth-order valence-corrected chi connectivity index (χ4v) is 1.47. The first-order chi connectivity index (χ1) is 7.47. The van der Waals surface area contributed by atoms with Gasteiger partial charge in [0.05, 0.1) is 5.60 Å². The SMILES string of the molecule is NCC1(OCOCC(F)(F)F)CCOCC1. The summed E-state index contributed by atoms with van der Waals surface area (Å²) >= 11 is 0. The molecule has 0 atom stereocenters. The van der Waals surface area contributed by atoms with E-state index in [2.05, 4.69) is 4.74 Å². The molecule has 0 amide bonds. The number of rotatable bonds is 5. The lowest BCUT2D eigenvalue weighted by Crippen LogP contribution is -2.46. The van der Waals surface area contributed by atoms with Gasteiger partial charge in [0.2, 0.25) is 0 Å². The van der Waals surface area contributed by atoms with Crippen molar-refractivity contribution in [2.45, 2.75) is 24.6 Å². The van der Waals surface area contributed by atoms with Gasteiger partial charge in [0.1, 0.15) is 13.4 Å². The lowest BCUT2D eigenvalue weighted by atomic mass is 9.94. The van der Waals surface area contributed by atoms with Crippen molar-refractivity contribution in [1.82, 2.24) is 0 Å². The van der Waals surface area contributed by atoms with Gasteiger partial charge in [-0.3, -0.25) is 0 Å². The minimum Gasteiger partial charge on any atom is -0.381 e. The summed E-state index contributed by atoms with van der Waals surface area (Å²) in [5.41, 5.74) is 4.95. The highest BCUT2D eigenvalue weighted by molar-refractivity contribution is 4.84. The van der Waals surface area contributed by atoms with Gasteiger partial charge in [0.15, 0.2) is 0 Å². The van der Waals surface area contributed by atoms with Crippen LogP contribution in [0.3, 0.4) is 0 Å². The molecule has 2 N–H and O–H groups in total. The summed E-state index contributed by atoms with van der Waals surface area (Å²) in [4.78, 5) is 0. The second-order valence-electron chi connectivity index (χ2n) is 3.73. The summed E-state index contributed by atoms with van der Waals surface area (Å²) in [5, 5.41) is 0. The summed E-state index contributed by atoms with van der Waals surface area (Å²) in [5.74, 6) is 0. The highest BCUT2D eigenvalue weighted by Gasteiger charge is 2.33. The lowest BCUT2D eigenvalue weighted by molar-refractivity contribution is -0.223. The van der Waals surface area contributed by atoms with E-state index >= 15 is 0 Å². The van der Waals surface area contributed by atoms with Crippen LogP contribution >= 0.6 is 0 Å². The number of ether oxygens (including phenoxy) is 3. The molecule has 96 valence electrons. The van der Waals surface area contributed by atoms with Gasteiger partial charge >= 0.3 is 6.18 Å². The molecule has 16 heavy (non-hydrogen) atoms. The monoisotopic (exact) mass is 243 g/mol. The summed E-state index contributed by atoms with van der Waals surface area (Å²) < 4.78 is 50.1. The van der Waals surface area contributed by atoms with E-state index in [1.165, 1.54) is 0 Å². The largest absolute Gasteiger partial charge is 0.411 e. The van der Waals surface area contributed by atoms with Gasteiger partial charge in [-0.1, -0.05) is 0 Å². The summed E-state index contributed by atoms with van der Waals surface area (Å²) in [6.07, 6.45) is -3.16. The summed E-state index contributed by atoms with van der Waals surface area (Å²) in [6, 6.07) is 0. The molecule has 0 unspecified atom stereocenters. The molecule has 1 aliphatic rings. The first-order valence-electron chi connectivity index (χ1n) is 5.04. The molecule has 0 aromatic rings. The first-order valence-corrected chi connectivity index (χ1v) is 5.04. The molecule has 1 fully saturated rings. The molecule has 7 heteroatoms. The average molecular weight is 243 g/mol. The minimum absolute atomic E-state index is 0.256. The van der Waals surface area contributed by atoms with Gasteiger partial charge in [-0.05, 0) is 0 Å². The third-order valence-electron chi connectivity index (χ3n) is 2.49. The van der Waals surface area contributed by atoms with Crippen LogP contribution in [0.15, 0.2) is 0 Å².